The number of hydrogen-bond donors (Lipinski definition) is 2. The highest BCUT2D eigenvalue weighted by Crippen LogP contribution is 2.09. The summed E-state index contributed by atoms with van der Waals surface area (Å²) in [6.45, 7) is 4.87. The Morgan fingerprint density at radius 3 is 2.80 bits per heavy atom. The highest BCUT2D eigenvalue weighted by atomic mass is 32.1. The first-order chi connectivity index (χ1) is 9.83. The number of thiophene rings is 1. The summed E-state index contributed by atoms with van der Waals surface area (Å²) in [4.78, 5) is 1.21. The molecule has 4 heteroatoms. The van der Waals surface area contributed by atoms with E-state index in [2.05, 4.69) is 12.2 Å². The second-order valence-corrected chi connectivity index (χ2v) is 6.25. The second-order valence-electron chi connectivity index (χ2n) is 5.22. The van der Waals surface area contributed by atoms with Crippen LogP contribution in [0.2, 0.25) is 0 Å². The highest BCUT2D eigenvalue weighted by molar-refractivity contribution is 7.09. The molecule has 0 amide bonds. The van der Waals surface area contributed by atoms with Crippen molar-refractivity contribution in [1.82, 2.24) is 5.32 Å². The molecule has 1 atom stereocenters. The SMILES string of the molecule is CCCCCCCCNCC(O)COCc1cccs1. The van der Waals surface area contributed by atoms with Gasteiger partial charge in [0.2, 0.25) is 0 Å². The summed E-state index contributed by atoms with van der Waals surface area (Å²) in [7, 11) is 0. The lowest BCUT2D eigenvalue weighted by atomic mass is 10.1. The first-order valence-electron chi connectivity index (χ1n) is 7.81. The Labute approximate surface area is 127 Å². The van der Waals surface area contributed by atoms with Gasteiger partial charge >= 0.3 is 0 Å². The predicted octanol–water partition coefficient (Wildman–Crippen LogP) is 3.58. The van der Waals surface area contributed by atoms with Crippen LogP contribution in [-0.2, 0) is 11.3 Å². The van der Waals surface area contributed by atoms with Crippen molar-refractivity contribution in [2.24, 2.45) is 0 Å². The van der Waals surface area contributed by atoms with Crippen LogP contribution in [0.4, 0.5) is 0 Å². The average molecular weight is 299 g/mol. The van der Waals surface area contributed by atoms with Gasteiger partial charge in [-0.15, -0.1) is 11.3 Å². The summed E-state index contributed by atoms with van der Waals surface area (Å²) in [5.41, 5.74) is 0. The third-order valence-corrected chi connectivity index (χ3v) is 4.07. The summed E-state index contributed by atoms with van der Waals surface area (Å²) in [6, 6.07) is 4.07. The van der Waals surface area contributed by atoms with Gasteiger partial charge in [-0.25, -0.2) is 0 Å². The molecular formula is C16H29NO2S. The molecule has 0 bridgehead atoms. The lowest BCUT2D eigenvalue weighted by Gasteiger charge is -2.12. The number of unbranched alkanes of at least 4 members (excludes halogenated alkanes) is 5. The van der Waals surface area contributed by atoms with E-state index in [-0.39, 0.29) is 0 Å². The van der Waals surface area contributed by atoms with Crippen molar-refractivity contribution in [2.75, 3.05) is 19.7 Å². The first kappa shape index (κ1) is 17.6. The molecule has 1 unspecified atom stereocenters. The van der Waals surface area contributed by atoms with Gasteiger partial charge in [0, 0.05) is 11.4 Å². The van der Waals surface area contributed by atoms with Crippen LogP contribution in [0.25, 0.3) is 0 Å². The molecule has 20 heavy (non-hydrogen) atoms. The minimum absolute atomic E-state index is 0.404. The lowest BCUT2D eigenvalue weighted by molar-refractivity contribution is 0.0299. The fourth-order valence-electron chi connectivity index (χ4n) is 2.05. The van der Waals surface area contributed by atoms with Gasteiger partial charge < -0.3 is 15.2 Å². The lowest BCUT2D eigenvalue weighted by Crippen LogP contribution is -2.30. The largest absolute Gasteiger partial charge is 0.389 e. The van der Waals surface area contributed by atoms with Crippen LogP contribution in [0, 0.1) is 0 Å². The molecule has 0 aliphatic carbocycles. The maximum Gasteiger partial charge on any atom is 0.0897 e. The number of rotatable bonds is 13. The standard InChI is InChI=1S/C16H29NO2S/c1-2-3-4-5-6-7-10-17-12-15(18)13-19-14-16-9-8-11-20-16/h8-9,11,15,17-18H,2-7,10,12-14H2,1H3. The molecule has 116 valence electrons. The fourth-order valence-corrected chi connectivity index (χ4v) is 2.69. The average Bonchev–Trinajstić information content (AvgIpc) is 2.95. The quantitative estimate of drug-likeness (QED) is 0.547. The molecule has 1 heterocycles. The maximum atomic E-state index is 9.77. The van der Waals surface area contributed by atoms with Crippen molar-refractivity contribution in [3.63, 3.8) is 0 Å². The zero-order chi connectivity index (χ0) is 14.5. The molecule has 1 aromatic heterocycles. The van der Waals surface area contributed by atoms with Crippen molar-refractivity contribution in [3.05, 3.63) is 22.4 Å². The molecular weight excluding hydrogens is 270 g/mol. The number of aliphatic hydroxyl groups is 1. The van der Waals surface area contributed by atoms with E-state index in [0.29, 0.717) is 19.8 Å². The van der Waals surface area contributed by atoms with E-state index in [4.69, 9.17) is 4.74 Å². The van der Waals surface area contributed by atoms with Crippen LogP contribution in [0.1, 0.15) is 50.3 Å². The zero-order valence-electron chi connectivity index (χ0n) is 12.6. The van der Waals surface area contributed by atoms with Gasteiger partial charge in [-0.3, -0.25) is 0 Å². The van der Waals surface area contributed by atoms with E-state index in [9.17, 15) is 5.11 Å². The Morgan fingerprint density at radius 2 is 2.05 bits per heavy atom. The van der Waals surface area contributed by atoms with Crippen molar-refractivity contribution in [3.8, 4) is 0 Å². The van der Waals surface area contributed by atoms with Crippen LogP contribution >= 0.6 is 11.3 Å². The molecule has 0 saturated carbocycles. The normalized spacial score (nSPS) is 12.7. The summed E-state index contributed by atoms with van der Waals surface area (Å²) in [5, 5.41) is 15.1. The number of aliphatic hydroxyl groups excluding tert-OH is 1. The van der Waals surface area contributed by atoms with Gasteiger partial charge in [0.15, 0.2) is 0 Å². The highest BCUT2D eigenvalue weighted by Gasteiger charge is 2.04. The van der Waals surface area contributed by atoms with E-state index in [1.54, 1.807) is 11.3 Å². The van der Waals surface area contributed by atoms with Crippen molar-refractivity contribution >= 4 is 11.3 Å². The van der Waals surface area contributed by atoms with E-state index < -0.39 is 6.10 Å². The third-order valence-electron chi connectivity index (χ3n) is 3.22. The molecule has 0 spiro atoms. The summed E-state index contributed by atoms with van der Waals surface area (Å²) in [6.07, 6.45) is 7.43. The number of ether oxygens (including phenoxy) is 1. The Bertz CT molecular complexity index is 303. The summed E-state index contributed by atoms with van der Waals surface area (Å²) < 4.78 is 5.48. The second kappa shape index (κ2) is 12.3. The van der Waals surface area contributed by atoms with Gasteiger partial charge in [0.05, 0.1) is 19.3 Å². The Kier molecular flexibility index (Phi) is 10.9. The third kappa shape index (κ3) is 9.48. The Hall–Kier alpha value is -0.420. The van der Waals surface area contributed by atoms with E-state index in [1.165, 1.54) is 43.4 Å². The minimum Gasteiger partial charge on any atom is -0.389 e. The van der Waals surface area contributed by atoms with E-state index >= 15 is 0 Å². The molecule has 3 nitrogen and oxygen atoms in total. The van der Waals surface area contributed by atoms with Crippen LogP contribution in [-0.4, -0.2) is 30.9 Å². The van der Waals surface area contributed by atoms with Crippen molar-refractivity contribution in [1.29, 1.82) is 0 Å². The van der Waals surface area contributed by atoms with Gasteiger partial charge in [0.1, 0.15) is 0 Å². The molecule has 0 aliphatic heterocycles. The number of nitrogens with one attached hydrogen (secondary N) is 1. The van der Waals surface area contributed by atoms with Gasteiger partial charge in [-0.05, 0) is 24.4 Å². The molecule has 0 aromatic carbocycles. The fraction of sp³-hybridized carbons (Fsp3) is 0.750. The van der Waals surface area contributed by atoms with Crippen LogP contribution in [0.15, 0.2) is 17.5 Å². The van der Waals surface area contributed by atoms with Crippen LogP contribution in [0.5, 0.6) is 0 Å². The molecule has 1 aromatic rings. The van der Waals surface area contributed by atoms with Gasteiger partial charge in [-0.1, -0.05) is 45.1 Å². The molecule has 2 N–H and O–H groups in total. The monoisotopic (exact) mass is 299 g/mol. The number of hydrogen-bond acceptors (Lipinski definition) is 4. The van der Waals surface area contributed by atoms with Gasteiger partial charge in [0.25, 0.3) is 0 Å². The molecule has 0 saturated heterocycles. The van der Waals surface area contributed by atoms with Crippen molar-refractivity contribution < 1.29 is 9.84 Å². The van der Waals surface area contributed by atoms with Gasteiger partial charge in [-0.2, -0.15) is 0 Å². The maximum absolute atomic E-state index is 9.77. The first-order valence-corrected chi connectivity index (χ1v) is 8.69. The Morgan fingerprint density at radius 1 is 1.25 bits per heavy atom. The van der Waals surface area contributed by atoms with Crippen LogP contribution in [0.3, 0.4) is 0 Å². The topological polar surface area (TPSA) is 41.5 Å². The Balaban J connectivity index is 1.84. The zero-order valence-corrected chi connectivity index (χ0v) is 13.5. The molecule has 0 radical (unpaired) electrons. The minimum atomic E-state index is -0.407. The van der Waals surface area contributed by atoms with E-state index in [1.807, 2.05) is 17.5 Å². The van der Waals surface area contributed by atoms with E-state index in [0.717, 1.165) is 6.54 Å². The predicted molar refractivity (Wildman–Crippen MR) is 86.2 cm³/mol. The molecule has 0 aliphatic rings. The van der Waals surface area contributed by atoms with Crippen molar-refractivity contribution in [2.45, 2.75) is 58.2 Å². The summed E-state index contributed by atoms with van der Waals surface area (Å²) >= 11 is 1.68. The summed E-state index contributed by atoms with van der Waals surface area (Å²) in [5.74, 6) is 0. The molecule has 1 rings (SSSR count). The van der Waals surface area contributed by atoms with Crippen LogP contribution < -0.4 is 5.32 Å². The molecule has 0 fully saturated rings. The smallest absolute Gasteiger partial charge is 0.0897 e.